The second kappa shape index (κ2) is 15.4. The van der Waals surface area contributed by atoms with E-state index in [1.165, 1.54) is 0 Å². The monoisotopic (exact) mass is 528 g/mol. The molecule has 2 aliphatic heterocycles. The molecule has 210 valence electrons. The van der Waals surface area contributed by atoms with Crippen LogP contribution in [0.1, 0.15) is 49.7 Å². The normalized spacial score (nSPS) is 16.8. The van der Waals surface area contributed by atoms with Gasteiger partial charge in [-0.2, -0.15) is 0 Å². The van der Waals surface area contributed by atoms with Crippen LogP contribution in [-0.4, -0.2) is 98.9 Å². The Kier molecular flexibility index (Phi) is 12.0. The maximum absolute atomic E-state index is 13.1. The lowest BCUT2D eigenvalue weighted by atomic mass is 9.99. The Morgan fingerprint density at radius 2 is 1.16 bits per heavy atom. The van der Waals surface area contributed by atoms with E-state index in [-0.39, 0.29) is 36.7 Å². The number of hydrogen-bond acceptors (Lipinski definition) is 6. The molecule has 2 aliphatic rings. The number of amides is 4. The van der Waals surface area contributed by atoms with Gasteiger partial charge in [0.05, 0.1) is 13.1 Å². The molecule has 2 atom stereocenters. The van der Waals surface area contributed by atoms with Crippen molar-refractivity contribution in [2.45, 2.75) is 63.5 Å². The lowest BCUT2D eigenvalue weighted by Gasteiger charge is -2.24. The topological polar surface area (TPSA) is 123 Å². The quantitative estimate of drug-likeness (QED) is 0.274. The van der Waals surface area contributed by atoms with Gasteiger partial charge in [-0.25, -0.2) is 0 Å². The summed E-state index contributed by atoms with van der Waals surface area (Å²) in [7, 11) is 3.41. The fourth-order valence-electron chi connectivity index (χ4n) is 5.17. The number of carbonyl (C=O) groups excluding carboxylic acids is 4. The van der Waals surface area contributed by atoms with Crippen LogP contribution in [0.15, 0.2) is 24.3 Å². The average molecular weight is 529 g/mol. The number of hydrogen-bond donors (Lipinski definition) is 4. The molecule has 0 bridgehead atoms. The van der Waals surface area contributed by atoms with Crippen LogP contribution >= 0.6 is 0 Å². The Morgan fingerprint density at radius 1 is 0.711 bits per heavy atom. The summed E-state index contributed by atoms with van der Waals surface area (Å²) in [4.78, 5) is 54.1. The third-order valence-electron chi connectivity index (χ3n) is 7.20. The molecule has 4 amide bonds. The Morgan fingerprint density at radius 3 is 1.66 bits per heavy atom. The maximum atomic E-state index is 13.1. The summed E-state index contributed by atoms with van der Waals surface area (Å²) < 4.78 is 0. The van der Waals surface area contributed by atoms with E-state index in [1.54, 1.807) is 14.1 Å². The van der Waals surface area contributed by atoms with Crippen LogP contribution in [-0.2, 0) is 32.0 Å². The minimum absolute atomic E-state index is 0.0105. The van der Waals surface area contributed by atoms with Crippen LogP contribution in [0.5, 0.6) is 0 Å². The van der Waals surface area contributed by atoms with E-state index in [4.69, 9.17) is 0 Å². The predicted molar refractivity (Wildman–Crippen MR) is 146 cm³/mol. The van der Waals surface area contributed by atoms with Crippen molar-refractivity contribution in [1.29, 1.82) is 0 Å². The van der Waals surface area contributed by atoms with Gasteiger partial charge < -0.3 is 31.1 Å². The first kappa shape index (κ1) is 29.6. The Hall–Kier alpha value is -2.98. The van der Waals surface area contributed by atoms with E-state index in [1.807, 2.05) is 34.1 Å². The minimum atomic E-state index is -0.585. The van der Waals surface area contributed by atoms with Gasteiger partial charge in [0.25, 0.3) is 0 Å². The van der Waals surface area contributed by atoms with Gasteiger partial charge in [-0.05, 0) is 70.2 Å². The van der Waals surface area contributed by atoms with Gasteiger partial charge in [0, 0.05) is 32.6 Å². The minimum Gasteiger partial charge on any atom is -0.343 e. The second-order valence-corrected chi connectivity index (χ2v) is 10.3. The Bertz CT molecular complexity index is 926. The number of likely N-dealkylation sites (tertiary alicyclic amines) is 2. The summed E-state index contributed by atoms with van der Waals surface area (Å²) in [5.74, 6) is -0.378. The molecule has 0 spiro atoms. The molecule has 10 heteroatoms. The van der Waals surface area contributed by atoms with Crippen LogP contribution in [0.3, 0.4) is 0 Å². The van der Waals surface area contributed by atoms with E-state index in [2.05, 4.69) is 21.3 Å². The van der Waals surface area contributed by atoms with Crippen LogP contribution in [0.2, 0.25) is 0 Å². The van der Waals surface area contributed by atoms with Gasteiger partial charge in [0.2, 0.25) is 23.6 Å². The molecular weight excluding hydrogens is 484 g/mol. The summed E-state index contributed by atoms with van der Waals surface area (Å²) in [6.45, 7) is 3.35. The standard InChI is InChI=1S/C28H44N6O4/c1-29-19-25(35)31-23(27(37)33-14-3-4-15-33)9-7-8-21-10-12-22(13-11-21)18-24(32-26(36)20-30-2)28(38)34-16-5-6-17-34/h10-13,23-24,29-30H,3-9,14-20H2,1-2H3,(H,31,35)(H,32,36). The average Bonchev–Trinajstić information content (AvgIpc) is 3.63. The van der Waals surface area contributed by atoms with Crippen molar-refractivity contribution < 1.29 is 19.2 Å². The lowest BCUT2D eigenvalue weighted by molar-refractivity contribution is -0.135. The third kappa shape index (κ3) is 9.09. The highest BCUT2D eigenvalue weighted by molar-refractivity contribution is 5.89. The molecule has 2 fully saturated rings. The zero-order valence-electron chi connectivity index (χ0n) is 22.9. The van der Waals surface area contributed by atoms with Gasteiger partial charge >= 0.3 is 0 Å². The van der Waals surface area contributed by atoms with Crippen molar-refractivity contribution in [3.05, 3.63) is 35.4 Å². The van der Waals surface area contributed by atoms with Crippen LogP contribution in [0, 0.1) is 0 Å². The molecule has 38 heavy (non-hydrogen) atoms. The number of nitrogens with one attached hydrogen (secondary N) is 4. The summed E-state index contributed by atoms with van der Waals surface area (Å²) in [5.41, 5.74) is 2.11. The number of carbonyl (C=O) groups is 4. The molecule has 1 aromatic rings. The van der Waals surface area contributed by atoms with Crippen molar-refractivity contribution in [3.8, 4) is 0 Å². The first-order valence-corrected chi connectivity index (χ1v) is 13.9. The van der Waals surface area contributed by atoms with E-state index in [0.717, 1.165) is 75.8 Å². The molecule has 0 saturated carbocycles. The Labute approximate surface area is 226 Å². The second-order valence-electron chi connectivity index (χ2n) is 10.3. The van der Waals surface area contributed by atoms with Gasteiger partial charge in [0.1, 0.15) is 12.1 Å². The van der Waals surface area contributed by atoms with E-state index in [0.29, 0.717) is 12.8 Å². The zero-order chi connectivity index (χ0) is 27.3. The van der Waals surface area contributed by atoms with Gasteiger partial charge in [-0.3, -0.25) is 19.2 Å². The van der Waals surface area contributed by atoms with Crippen molar-refractivity contribution in [3.63, 3.8) is 0 Å². The highest BCUT2D eigenvalue weighted by Crippen LogP contribution is 2.16. The smallest absolute Gasteiger partial charge is 0.245 e. The first-order chi connectivity index (χ1) is 18.4. The summed E-state index contributed by atoms with van der Waals surface area (Å²) in [6, 6.07) is 7.00. The van der Waals surface area contributed by atoms with Crippen LogP contribution < -0.4 is 21.3 Å². The zero-order valence-corrected chi connectivity index (χ0v) is 22.9. The molecule has 2 saturated heterocycles. The molecule has 2 unspecified atom stereocenters. The van der Waals surface area contributed by atoms with Crippen molar-refractivity contribution in [2.75, 3.05) is 53.4 Å². The molecular formula is C28H44N6O4. The molecule has 4 N–H and O–H groups in total. The molecule has 3 rings (SSSR count). The Balaban J connectivity index is 1.56. The van der Waals surface area contributed by atoms with Gasteiger partial charge in [0.15, 0.2) is 0 Å². The van der Waals surface area contributed by atoms with Gasteiger partial charge in [-0.1, -0.05) is 24.3 Å². The molecule has 0 aliphatic carbocycles. The molecule has 0 aromatic heterocycles. The fraction of sp³-hybridized carbons (Fsp3) is 0.643. The van der Waals surface area contributed by atoms with Crippen LogP contribution in [0.4, 0.5) is 0 Å². The number of rotatable bonds is 14. The highest BCUT2D eigenvalue weighted by Gasteiger charge is 2.29. The molecule has 0 radical (unpaired) electrons. The van der Waals surface area contributed by atoms with Crippen molar-refractivity contribution in [1.82, 2.24) is 31.1 Å². The van der Waals surface area contributed by atoms with E-state index in [9.17, 15) is 19.2 Å². The molecule has 10 nitrogen and oxygen atoms in total. The summed E-state index contributed by atoms with van der Waals surface area (Å²) in [5, 5.41) is 11.5. The molecule has 1 aromatic carbocycles. The first-order valence-electron chi connectivity index (χ1n) is 13.9. The number of likely N-dealkylation sites (N-methyl/N-ethyl adjacent to an activating group) is 2. The van der Waals surface area contributed by atoms with Gasteiger partial charge in [-0.15, -0.1) is 0 Å². The number of nitrogens with zero attached hydrogens (tertiary/aromatic N) is 2. The van der Waals surface area contributed by atoms with Crippen molar-refractivity contribution >= 4 is 23.6 Å². The highest BCUT2D eigenvalue weighted by atomic mass is 16.2. The fourth-order valence-corrected chi connectivity index (χ4v) is 5.17. The number of benzene rings is 1. The van der Waals surface area contributed by atoms with E-state index >= 15 is 0 Å². The number of aryl methyl sites for hydroxylation is 1. The van der Waals surface area contributed by atoms with Crippen LogP contribution in [0.25, 0.3) is 0 Å². The summed E-state index contributed by atoms with van der Waals surface area (Å²) in [6.07, 6.45) is 6.59. The van der Waals surface area contributed by atoms with Crippen molar-refractivity contribution in [2.24, 2.45) is 0 Å². The lowest BCUT2D eigenvalue weighted by Crippen LogP contribution is -2.50. The predicted octanol–water partition coefficient (Wildman–Crippen LogP) is 0.205. The maximum Gasteiger partial charge on any atom is 0.245 e. The SMILES string of the molecule is CNCC(=O)NC(CCCc1ccc(CC(NC(=O)CNC)C(=O)N2CCCC2)cc1)C(=O)N1CCCC1. The molecule has 2 heterocycles. The third-order valence-corrected chi connectivity index (χ3v) is 7.20. The summed E-state index contributed by atoms with van der Waals surface area (Å²) >= 11 is 0. The largest absolute Gasteiger partial charge is 0.343 e. The van der Waals surface area contributed by atoms with E-state index < -0.39 is 12.1 Å².